The van der Waals surface area contributed by atoms with Crippen molar-refractivity contribution in [2.45, 2.75) is 17.3 Å². The average molecular weight is 252 g/mol. The second-order valence-electron chi connectivity index (χ2n) is 1.71. The molecule has 2 radical (unpaired) electrons. The summed E-state index contributed by atoms with van der Waals surface area (Å²) in [6, 6.07) is 0. The summed E-state index contributed by atoms with van der Waals surface area (Å²) in [7, 11) is 0. The van der Waals surface area contributed by atoms with E-state index in [1.807, 2.05) is 0 Å². The molecule has 0 aliphatic carbocycles. The SMILES string of the molecule is Cl[Si](Cl)Cl.[CH3][Ge]([CH3])[CH3]. The molecule has 0 nitrogen and oxygen atoms in total. The molecule has 0 atom stereocenters. The van der Waals surface area contributed by atoms with Crippen LogP contribution in [0, 0.1) is 0 Å². The third-order valence-electron chi connectivity index (χ3n) is 0. The summed E-state index contributed by atoms with van der Waals surface area (Å²) < 4.78 is 0. The Labute approximate surface area is 71.3 Å². The molecule has 0 bridgehead atoms. The van der Waals surface area contributed by atoms with Crippen molar-refractivity contribution in [3.63, 3.8) is 0 Å². The normalized spacial score (nSPS) is 9.00. The van der Waals surface area contributed by atoms with Gasteiger partial charge in [-0.25, -0.2) is 0 Å². The number of hydrogen-bond acceptors (Lipinski definition) is 0. The van der Waals surface area contributed by atoms with Gasteiger partial charge in [0.2, 0.25) is 0 Å². The van der Waals surface area contributed by atoms with Crippen LogP contribution in [0.15, 0.2) is 0 Å². The Morgan fingerprint density at radius 2 is 1.00 bits per heavy atom. The fourth-order valence-electron chi connectivity index (χ4n) is 0. The molecule has 0 unspecified atom stereocenters. The zero-order chi connectivity index (χ0) is 7.15. The molecular weight excluding hydrogens is 243 g/mol. The molecule has 0 aromatic carbocycles. The van der Waals surface area contributed by atoms with Crippen molar-refractivity contribution in [3.05, 3.63) is 0 Å². The van der Waals surface area contributed by atoms with Crippen LogP contribution in [-0.2, 0) is 0 Å². The first-order chi connectivity index (χ1) is 3.46. The van der Waals surface area contributed by atoms with Crippen molar-refractivity contribution >= 4 is 54.3 Å². The van der Waals surface area contributed by atoms with E-state index in [0.717, 1.165) is 0 Å². The quantitative estimate of drug-likeness (QED) is 0.459. The molecule has 5 heteroatoms. The first-order valence-electron chi connectivity index (χ1n) is 2.07. The molecule has 8 heavy (non-hydrogen) atoms. The first kappa shape index (κ1) is 12.3. The fraction of sp³-hybridized carbons (Fsp3) is 1.00. The van der Waals surface area contributed by atoms with E-state index >= 15 is 0 Å². The summed E-state index contributed by atoms with van der Waals surface area (Å²) in [6.45, 7) is -1.46. The van der Waals surface area contributed by atoms with Gasteiger partial charge in [0.15, 0.2) is 0 Å². The summed E-state index contributed by atoms with van der Waals surface area (Å²) in [4.78, 5) is 0. The van der Waals surface area contributed by atoms with Gasteiger partial charge >= 0.3 is 38.3 Å². The Kier molecular flexibility index (Phi) is 13.3. The van der Waals surface area contributed by atoms with Crippen LogP contribution in [0.4, 0.5) is 0 Å². The van der Waals surface area contributed by atoms with Crippen LogP contribution in [0.3, 0.4) is 0 Å². The zero-order valence-electron chi connectivity index (χ0n) is 5.13. The van der Waals surface area contributed by atoms with E-state index in [1.54, 1.807) is 0 Å². The Morgan fingerprint density at radius 3 is 1.00 bits per heavy atom. The molecule has 0 aliphatic rings. The molecule has 0 saturated carbocycles. The van der Waals surface area contributed by atoms with E-state index in [9.17, 15) is 0 Å². The summed E-state index contributed by atoms with van der Waals surface area (Å²) in [6.07, 6.45) is 0. The molecule has 0 fully saturated rings. The van der Waals surface area contributed by atoms with E-state index < -0.39 is 6.73 Å². The number of rotatable bonds is 0. The van der Waals surface area contributed by atoms with Gasteiger partial charge in [-0.15, -0.1) is 33.2 Å². The molecule has 50 valence electrons. The average Bonchev–Trinajstić information content (AvgIpc) is 1.25. The zero-order valence-corrected chi connectivity index (χ0v) is 10.5. The third kappa shape index (κ3) is 126. The van der Waals surface area contributed by atoms with Crippen LogP contribution in [-0.4, -0.2) is 21.1 Å². The molecule has 0 aliphatic heterocycles. The molecule has 0 aromatic rings. The molecule has 0 rings (SSSR count). The first-order valence-corrected chi connectivity index (χ1v) is 12.9. The Morgan fingerprint density at radius 1 is 1.00 bits per heavy atom. The van der Waals surface area contributed by atoms with Crippen molar-refractivity contribution in [3.8, 4) is 0 Å². The van der Waals surface area contributed by atoms with Crippen molar-refractivity contribution in [1.29, 1.82) is 0 Å². The third-order valence-corrected chi connectivity index (χ3v) is 0. The van der Waals surface area contributed by atoms with Gasteiger partial charge in [0.25, 0.3) is 0 Å². The van der Waals surface area contributed by atoms with E-state index in [1.165, 1.54) is 0 Å². The van der Waals surface area contributed by atoms with Gasteiger partial charge in [0.05, 0.1) is 0 Å². The van der Waals surface area contributed by atoms with Gasteiger partial charge in [0, 0.05) is 0 Å². The number of hydrogen-bond donors (Lipinski definition) is 0. The van der Waals surface area contributed by atoms with Crippen LogP contribution in [0.5, 0.6) is 0 Å². The van der Waals surface area contributed by atoms with Gasteiger partial charge in [-0.05, 0) is 0 Å². The summed E-state index contributed by atoms with van der Waals surface area (Å²) in [5.74, 6) is 7.00. The van der Waals surface area contributed by atoms with Crippen molar-refractivity contribution in [2.24, 2.45) is 0 Å². The van der Waals surface area contributed by atoms with Crippen LogP contribution >= 0.6 is 33.2 Å². The fourth-order valence-corrected chi connectivity index (χ4v) is 0. The van der Waals surface area contributed by atoms with E-state index in [-0.39, 0.29) is 14.3 Å². The summed E-state index contributed by atoms with van der Waals surface area (Å²) in [5, 5.41) is 0. The van der Waals surface area contributed by atoms with E-state index in [2.05, 4.69) is 17.3 Å². The maximum atomic E-state index is 4.91. The van der Waals surface area contributed by atoms with E-state index in [4.69, 9.17) is 33.2 Å². The minimum absolute atomic E-state index is 0.333. The Hall–Kier alpha value is 1.63. The Bertz CT molecular complexity index is 30.0. The maximum absolute atomic E-state index is 4.91. The molecule has 0 spiro atoms. The molecule has 0 N–H and O–H groups in total. The van der Waals surface area contributed by atoms with Gasteiger partial charge in [0.1, 0.15) is 0 Å². The van der Waals surface area contributed by atoms with Gasteiger partial charge < -0.3 is 0 Å². The molecule has 0 amide bonds. The van der Waals surface area contributed by atoms with Gasteiger partial charge in [-0.3, -0.25) is 0 Å². The minimum atomic E-state index is -1.46. The van der Waals surface area contributed by atoms with Crippen LogP contribution in [0.25, 0.3) is 0 Å². The molecule has 0 saturated heterocycles. The van der Waals surface area contributed by atoms with Gasteiger partial charge in [-0.1, -0.05) is 0 Å². The molecule has 0 heterocycles. The second kappa shape index (κ2) is 8.63. The Balaban J connectivity index is 0. The molecule has 0 aromatic heterocycles. The second-order valence-corrected chi connectivity index (χ2v) is 13.6. The summed E-state index contributed by atoms with van der Waals surface area (Å²) >= 11 is 14.4. The van der Waals surface area contributed by atoms with E-state index in [0.29, 0.717) is 0 Å². The standard InChI is InChI=1S/C3H9Ge.Cl3Si/c2*1-4(2)3/h1-3H3;. The monoisotopic (exact) mass is 252 g/mol. The topological polar surface area (TPSA) is 0 Å². The van der Waals surface area contributed by atoms with Crippen LogP contribution in [0.2, 0.25) is 17.3 Å². The summed E-state index contributed by atoms with van der Waals surface area (Å²) in [5.41, 5.74) is 0. The van der Waals surface area contributed by atoms with Crippen molar-refractivity contribution in [2.75, 3.05) is 0 Å². The van der Waals surface area contributed by atoms with Crippen molar-refractivity contribution in [1.82, 2.24) is 0 Å². The van der Waals surface area contributed by atoms with Crippen LogP contribution < -0.4 is 0 Å². The number of halogens is 3. The van der Waals surface area contributed by atoms with Gasteiger partial charge in [-0.2, -0.15) is 0 Å². The predicted octanol–water partition coefficient (Wildman–Crippen LogP) is 3.06. The molecular formula is C3H9Cl3GeSi. The predicted molar refractivity (Wildman–Crippen MR) is 46.7 cm³/mol. The van der Waals surface area contributed by atoms with Crippen LogP contribution in [0.1, 0.15) is 0 Å². The van der Waals surface area contributed by atoms with Crippen molar-refractivity contribution < 1.29 is 0 Å².